The summed E-state index contributed by atoms with van der Waals surface area (Å²) in [6.07, 6.45) is 2.09. The van der Waals surface area contributed by atoms with Crippen LogP contribution >= 0.6 is 0 Å². The maximum absolute atomic E-state index is 11.6. The molecule has 0 fully saturated rings. The van der Waals surface area contributed by atoms with E-state index in [0.717, 1.165) is 42.7 Å². The second-order valence-corrected chi connectivity index (χ2v) is 5.41. The summed E-state index contributed by atoms with van der Waals surface area (Å²) in [4.78, 5) is 25.7. The number of nitrogens with zero attached hydrogens (tertiary/aromatic N) is 4. The minimum absolute atomic E-state index is 0.0772. The predicted octanol–water partition coefficient (Wildman–Crippen LogP) is 1.16. The molecule has 1 aliphatic heterocycles. The van der Waals surface area contributed by atoms with Gasteiger partial charge in [-0.1, -0.05) is 0 Å². The van der Waals surface area contributed by atoms with E-state index in [1.807, 2.05) is 13.8 Å². The van der Waals surface area contributed by atoms with Crippen LogP contribution in [0.15, 0.2) is 17.1 Å². The number of H-pyrrole nitrogens is 1. The van der Waals surface area contributed by atoms with Gasteiger partial charge in [0.25, 0.3) is 5.56 Å². The first-order chi connectivity index (χ1) is 9.52. The van der Waals surface area contributed by atoms with Crippen LogP contribution < -0.4 is 5.56 Å². The van der Waals surface area contributed by atoms with Crippen LogP contribution in [0.1, 0.15) is 36.0 Å². The molecule has 0 saturated heterocycles. The molecule has 2 aromatic heterocycles. The molecular weight excluding hydrogens is 254 g/mol. The van der Waals surface area contributed by atoms with Crippen molar-refractivity contribution in [1.29, 1.82) is 0 Å². The smallest absolute Gasteiger partial charge is 0.251 e. The maximum Gasteiger partial charge on any atom is 0.251 e. The fourth-order valence-electron chi connectivity index (χ4n) is 2.72. The third kappa shape index (κ3) is 2.38. The zero-order valence-electron chi connectivity index (χ0n) is 12.1. The van der Waals surface area contributed by atoms with Crippen LogP contribution in [-0.2, 0) is 13.1 Å². The standard InChI is InChI=1S/C14H19N5O/c1-9-6-13(20)17-14(16-9)11(3)18-4-5-19-7-10(2)15-12(19)8-18/h6-7,11H,4-5,8H2,1-3H3,(H,16,17,20). The fourth-order valence-corrected chi connectivity index (χ4v) is 2.72. The Labute approximate surface area is 117 Å². The number of rotatable bonds is 2. The summed E-state index contributed by atoms with van der Waals surface area (Å²) < 4.78 is 2.20. The van der Waals surface area contributed by atoms with Gasteiger partial charge in [0, 0.05) is 31.0 Å². The largest absolute Gasteiger partial charge is 0.332 e. The van der Waals surface area contributed by atoms with E-state index in [9.17, 15) is 4.79 Å². The van der Waals surface area contributed by atoms with Crippen LogP contribution in [0.5, 0.6) is 0 Å². The lowest BCUT2D eigenvalue weighted by Gasteiger charge is -2.32. The normalized spacial score (nSPS) is 16.9. The molecule has 3 heterocycles. The number of nitrogens with one attached hydrogen (secondary N) is 1. The van der Waals surface area contributed by atoms with Gasteiger partial charge < -0.3 is 9.55 Å². The van der Waals surface area contributed by atoms with Crippen molar-refractivity contribution in [3.63, 3.8) is 0 Å². The number of imidazole rings is 1. The average Bonchev–Trinajstić information content (AvgIpc) is 2.75. The lowest BCUT2D eigenvalue weighted by molar-refractivity contribution is 0.157. The summed E-state index contributed by atoms with van der Waals surface area (Å²) in [5.41, 5.74) is 1.72. The number of aryl methyl sites for hydroxylation is 2. The van der Waals surface area contributed by atoms with Gasteiger partial charge >= 0.3 is 0 Å². The van der Waals surface area contributed by atoms with E-state index >= 15 is 0 Å². The van der Waals surface area contributed by atoms with Gasteiger partial charge in [-0.05, 0) is 20.8 Å². The van der Waals surface area contributed by atoms with E-state index in [1.165, 1.54) is 6.07 Å². The van der Waals surface area contributed by atoms with Crippen molar-refractivity contribution in [3.8, 4) is 0 Å². The number of hydrogen-bond acceptors (Lipinski definition) is 4. The number of aromatic amines is 1. The Morgan fingerprint density at radius 2 is 2.05 bits per heavy atom. The van der Waals surface area contributed by atoms with Gasteiger partial charge in [0.15, 0.2) is 0 Å². The van der Waals surface area contributed by atoms with Crippen molar-refractivity contribution in [3.05, 3.63) is 45.7 Å². The molecule has 3 rings (SSSR count). The Morgan fingerprint density at radius 3 is 2.80 bits per heavy atom. The summed E-state index contributed by atoms with van der Waals surface area (Å²) in [6, 6.07) is 1.59. The third-order valence-corrected chi connectivity index (χ3v) is 3.78. The lowest BCUT2D eigenvalue weighted by Crippen LogP contribution is -2.36. The van der Waals surface area contributed by atoms with Gasteiger partial charge in [0.05, 0.1) is 18.3 Å². The van der Waals surface area contributed by atoms with Gasteiger partial charge in [-0.3, -0.25) is 9.69 Å². The molecule has 6 nitrogen and oxygen atoms in total. The van der Waals surface area contributed by atoms with E-state index < -0.39 is 0 Å². The van der Waals surface area contributed by atoms with Crippen molar-refractivity contribution in [2.45, 2.75) is 39.9 Å². The van der Waals surface area contributed by atoms with Gasteiger partial charge in [0.2, 0.25) is 0 Å². The Balaban J connectivity index is 1.85. The van der Waals surface area contributed by atoms with Crippen molar-refractivity contribution in [2.75, 3.05) is 6.54 Å². The van der Waals surface area contributed by atoms with E-state index in [-0.39, 0.29) is 11.6 Å². The molecule has 0 saturated carbocycles. The van der Waals surface area contributed by atoms with Crippen molar-refractivity contribution < 1.29 is 0 Å². The molecular formula is C14H19N5O. The lowest BCUT2D eigenvalue weighted by atomic mass is 10.2. The van der Waals surface area contributed by atoms with Crippen molar-refractivity contribution >= 4 is 0 Å². The predicted molar refractivity (Wildman–Crippen MR) is 75.4 cm³/mol. The number of hydrogen-bond donors (Lipinski definition) is 1. The molecule has 6 heteroatoms. The van der Waals surface area contributed by atoms with Crippen LogP contribution in [-0.4, -0.2) is 31.0 Å². The van der Waals surface area contributed by atoms with Gasteiger partial charge in [-0.2, -0.15) is 0 Å². The molecule has 106 valence electrons. The van der Waals surface area contributed by atoms with Crippen molar-refractivity contribution in [1.82, 2.24) is 24.4 Å². The second kappa shape index (κ2) is 4.86. The monoisotopic (exact) mass is 273 g/mol. The molecule has 1 aliphatic rings. The highest BCUT2D eigenvalue weighted by Crippen LogP contribution is 2.22. The van der Waals surface area contributed by atoms with Gasteiger partial charge in [-0.25, -0.2) is 9.97 Å². The van der Waals surface area contributed by atoms with Crippen LogP contribution in [0.3, 0.4) is 0 Å². The minimum Gasteiger partial charge on any atom is -0.332 e. The molecule has 0 aromatic carbocycles. The highest BCUT2D eigenvalue weighted by molar-refractivity contribution is 5.07. The first-order valence-corrected chi connectivity index (χ1v) is 6.87. The van der Waals surface area contributed by atoms with Crippen LogP contribution in [0.2, 0.25) is 0 Å². The van der Waals surface area contributed by atoms with Gasteiger partial charge in [-0.15, -0.1) is 0 Å². The van der Waals surface area contributed by atoms with Crippen LogP contribution in [0.25, 0.3) is 0 Å². The van der Waals surface area contributed by atoms with Crippen molar-refractivity contribution in [2.24, 2.45) is 0 Å². The summed E-state index contributed by atoms with van der Waals surface area (Å²) in [5, 5.41) is 0. The molecule has 1 atom stereocenters. The zero-order valence-corrected chi connectivity index (χ0v) is 12.1. The quantitative estimate of drug-likeness (QED) is 0.891. The third-order valence-electron chi connectivity index (χ3n) is 3.78. The first kappa shape index (κ1) is 13.1. The zero-order chi connectivity index (χ0) is 14.3. The molecule has 0 spiro atoms. The number of fused-ring (bicyclic) bond motifs is 1. The highest BCUT2D eigenvalue weighted by Gasteiger charge is 2.24. The first-order valence-electron chi connectivity index (χ1n) is 6.87. The molecule has 1 unspecified atom stereocenters. The SMILES string of the molecule is Cc1cc(=O)[nH]c(C(C)N2CCn3cc(C)nc3C2)n1. The molecule has 0 bridgehead atoms. The van der Waals surface area contributed by atoms with E-state index in [0.29, 0.717) is 0 Å². The van der Waals surface area contributed by atoms with E-state index in [2.05, 4.69) is 37.5 Å². The van der Waals surface area contributed by atoms with Crippen LogP contribution in [0.4, 0.5) is 0 Å². The molecule has 20 heavy (non-hydrogen) atoms. The number of aromatic nitrogens is 4. The molecule has 2 aromatic rings. The molecule has 0 radical (unpaired) electrons. The summed E-state index contributed by atoms with van der Waals surface area (Å²) in [6.45, 7) is 8.57. The molecule has 0 aliphatic carbocycles. The Bertz CT molecular complexity index is 687. The topological polar surface area (TPSA) is 66.8 Å². The summed E-state index contributed by atoms with van der Waals surface area (Å²) in [7, 11) is 0. The fraction of sp³-hybridized carbons (Fsp3) is 0.500. The minimum atomic E-state index is -0.0892. The second-order valence-electron chi connectivity index (χ2n) is 5.41. The molecule has 0 amide bonds. The van der Waals surface area contributed by atoms with E-state index in [4.69, 9.17) is 0 Å². The Hall–Kier alpha value is -1.95. The van der Waals surface area contributed by atoms with Gasteiger partial charge in [0.1, 0.15) is 11.6 Å². The highest BCUT2D eigenvalue weighted by atomic mass is 16.1. The summed E-state index contributed by atoms with van der Waals surface area (Å²) in [5.74, 6) is 1.81. The average molecular weight is 273 g/mol. The maximum atomic E-state index is 11.6. The Kier molecular flexibility index (Phi) is 3.17. The molecule has 1 N–H and O–H groups in total. The summed E-state index contributed by atoms with van der Waals surface area (Å²) >= 11 is 0. The van der Waals surface area contributed by atoms with Crippen LogP contribution in [0, 0.1) is 13.8 Å². The Morgan fingerprint density at radius 1 is 1.25 bits per heavy atom. The van der Waals surface area contributed by atoms with E-state index in [1.54, 1.807) is 0 Å².